The standard InChI is InChI=1S/C10H9ClN2O/c1-6-4-10(14)13-9-5-7(11)2-3-8(9)12-6/h2-3,5H,4H2,1H3,(H,13,14). The Morgan fingerprint density at radius 2 is 2.29 bits per heavy atom. The number of hydrogen-bond acceptors (Lipinski definition) is 2. The van der Waals surface area contributed by atoms with Crippen LogP contribution in [0.15, 0.2) is 23.2 Å². The van der Waals surface area contributed by atoms with E-state index in [0.29, 0.717) is 17.1 Å². The molecule has 1 aliphatic rings. The van der Waals surface area contributed by atoms with Crippen LogP contribution in [0.1, 0.15) is 13.3 Å². The number of anilines is 1. The highest BCUT2D eigenvalue weighted by atomic mass is 35.5. The van der Waals surface area contributed by atoms with Crippen molar-refractivity contribution in [1.82, 2.24) is 0 Å². The van der Waals surface area contributed by atoms with Gasteiger partial charge in [0, 0.05) is 10.7 Å². The third-order valence-corrected chi connectivity index (χ3v) is 2.20. The predicted molar refractivity (Wildman–Crippen MR) is 57.5 cm³/mol. The van der Waals surface area contributed by atoms with E-state index in [0.717, 1.165) is 11.4 Å². The number of nitrogens with one attached hydrogen (secondary N) is 1. The van der Waals surface area contributed by atoms with Crippen molar-refractivity contribution < 1.29 is 4.79 Å². The van der Waals surface area contributed by atoms with Gasteiger partial charge < -0.3 is 5.32 Å². The Morgan fingerprint density at radius 1 is 1.50 bits per heavy atom. The van der Waals surface area contributed by atoms with Crippen molar-refractivity contribution in [2.75, 3.05) is 5.32 Å². The molecule has 1 amide bonds. The molecular weight excluding hydrogens is 200 g/mol. The third-order valence-electron chi connectivity index (χ3n) is 1.96. The Kier molecular flexibility index (Phi) is 2.25. The van der Waals surface area contributed by atoms with E-state index < -0.39 is 0 Å². The van der Waals surface area contributed by atoms with E-state index in [1.54, 1.807) is 18.2 Å². The molecule has 1 heterocycles. The van der Waals surface area contributed by atoms with E-state index in [2.05, 4.69) is 10.3 Å². The van der Waals surface area contributed by atoms with Crippen LogP contribution in [0.5, 0.6) is 0 Å². The zero-order valence-corrected chi connectivity index (χ0v) is 8.43. The molecule has 1 aromatic rings. The summed E-state index contributed by atoms with van der Waals surface area (Å²) in [5.74, 6) is -0.0488. The lowest BCUT2D eigenvalue weighted by Crippen LogP contribution is -2.12. The zero-order valence-electron chi connectivity index (χ0n) is 7.67. The molecule has 0 aromatic heterocycles. The Labute approximate surface area is 86.8 Å². The molecule has 0 spiro atoms. The minimum atomic E-state index is -0.0488. The minimum absolute atomic E-state index is 0.0488. The van der Waals surface area contributed by atoms with Crippen molar-refractivity contribution in [3.8, 4) is 0 Å². The zero-order chi connectivity index (χ0) is 10.1. The van der Waals surface area contributed by atoms with E-state index in [1.165, 1.54) is 0 Å². The molecule has 0 unspecified atom stereocenters. The lowest BCUT2D eigenvalue weighted by molar-refractivity contribution is -0.115. The Morgan fingerprint density at radius 3 is 3.07 bits per heavy atom. The average Bonchev–Trinajstić information content (AvgIpc) is 2.21. The molecule has 0 radical (unpaired) electrons. The number of aliphatic imine (C=N–C) groups is 1. The van der Waals surface area contributed by atoms with E-state index >= 15 is 0 Å². The Hall–Kier alpha value is -1.35. The summed E-state index contributed by atoms with van der Waals surface area (Å²) < 4.78 is 0. The molecule has 0 atom stereocenters. The summed E-state index contributed by atoms with van der Waals surface area (Å²) >= 11 is 5.81. The van der Waals surface area contributed by atoms with Crippen LogP contribution < -0.4 is 5.32 Å². The molecule has 1 N–H and O–H groups in total. The number of amides is 1. The van der Waals surface area contributed by atoms with Gasteiger partial charge in [-0.2, -0.15) is 0 Å². The number of benzene rings is 1. The van der Waals surface area contributed by atoms with Gasteiger partial charge in [-0.05, 0) is 25.1 Å². The number of carbonyl (C=O) groups is 1. The van der Waals surface area contributed by atoms with Crippen molar-refractivity contribution >= 4 is 34.6 Å². The first kappa shape index (κ1) is 9.21. The fourth-order valence-electron chi connectivity index (χ4n) is 1.38. The maximum atomic E-state index is 11.3. The maximum absolute atomic E-state index is 11.3. The summed E-state index contributed by atoms with van der Waals surface area (Å²) in [4.78, 5) is 15.6. The lowest BCUT2D eigenvalue weighted by atomic mass is 10.2. The highest BCUT2D eigenvalue weighted by Gasteiger charge is 2.12. The van der Waals surface area contributed by atoms with Crippen molar-refractivity contribution in [3.05, 3.63) is 23.2 Å². The van der Waals surface area contributed by atoms with Crippen LogP contribution in [-0.2, 0) is 4.79 Å². The number of fused-ring (bicyclic) bond motifs is 1. The molecule has 14 heavy (non-hydrogen) atoms. The fourth-order valence-corrected chi connectivity index (χ4v) is 1.55. The second-order valence-electron chi connectivity index (χ2n) is 3.23. The summed E-state index contributed by atoms with van der Waals surface area (Å²) in [6.07, 6.45) is 0.340. The molecule has 0 saturated heterocycles. The van der Waals surface area contributed by atoms with Crippen LogP contribution in [-0.4, -0.2) is 11.6 Å². The Balaban J connectivity index is 2.53. The number of halogens is 1. The first-order valence-electron chi connectivity index (χ1n) is 4.29. The van der Waals surface area contributed by atoms with Crippen LogP contribution in [0.2, 0.25) is 5.02 Å². The first-order chi connectivity index (χ1) is 6.65. The van der Waals surface area contributed by atoms with Crippen LogP contribution in [0, 0.1) is 0 Å². The number of hydrogen-bond donors (Lipinski definition) is 1. The van der Waals surface area contributed by atoms with Gasteiger partial charge in [-0.1, -0.05) is 11.6 Å². The quantitative estimate of drug-likeness (QED) is 0.700. The van der Waals surface area contributed by atoms with Crippen LogP contribution in [0.4, 0.5) is 11.4 Å². The summed E-state index contributed by atoms with van der Waals surface area (Å²) in [7, 11) is 0. The van der Waals surface area contributed by atoms with Gasteiger partial charge in [0.25, 0.3) is 0 Å². The fraction of sp³-hybridized carbons (Fsp3) is 0.200. The van der Waals surface area contributed by atoms with Gasteiger partial charge >= 0.3 is 0 Å². The molecule has 0 aliphatic carbocycles. The van der Waals surface area contributed by atoms with Crippen molar-refractivity contribution in [1.29, 1.82) is 0 Å². The van der Waals surface area contributed by atoms with Crippen molar-refractivity contribution in [3.63, 3.8) is 0 Å². The molecular formula is C10H9ClN2O. The van der Waals surface area contributed by atoms with Gasteiger partial charge in [0.05, 0.1) is 17.8 Å². The molecule has 3 nitrogen and oxygen atoms in total. The number of carbonyl (C=O) groups excluding carboxylic acids is 1. The van der Waals surface area contributed by atoms with E-state index in [9.17, 15) is 4.79 Å². The largest absolute Gasteiger partial charge is 0.324 e. The monoisotopic (exact) mass is 208 g/mol. The summed E-state index contributed by atoms with van der Waals surface area (Å²) in [5.41, 5.74) is 2.25. The SMILES string of the molecule is CC1=Nc2ccc(Cl)cc2NC(=O)C1. The molecule has 2 rings (SSSR count). The topological polar surface area (TPSA) is 41.5 Å². The van der Waals surface area contributed by atoms with Crippen LogP contribution in [0.3, 0.4) is 0 Å². The van der Waals surface area contributed by atoms with E-state index in [1.807, 2.05) is 6.92 Å². The summed E-state index contributed by atoms with van der Waals surface area (Å²) in [6.45, 7) is 1.84. The average molecular weight is 209 g/mol. The number of nitrogens with zero attached hydrogens (tertiary/aromatic N) is 1. The van der Waals surface area contributed by atoms with Crippen molar-refractivity contribution in [2.24, 2.45) is 4.99 Å². The molecule has 0 fully saturated rings. The first-order valence-corrected chi connectivity index (χ1v) is 4.66. The van der Waals surface area contributed by atoms with Gasteiger partial charge in [-0.25, -0.2) is 0 Å². The second-order valence-corrected chi connectivity index (χ2v) is 3.67. The van der Waals surface area contributed by atoms with Crippen LogP contribution >= 0.6 is 11.6 Å². The van der Waals surface area contributed by atoms with Gasteiger partial charge in [0.15, 0.2) is 0 Å². The van der Waals surface area contributed by atoms with Crippen LogP contribution in [0.25, 0.3) is 0 Å². The third kappa shape index (κ3) is 1.77. The highest BCUT2D eigenvalue weighted by molar-refractivity contribution is 6.31. The second kappa shape index (κ2) is 3.42. The maximum Gasteiger partial charge on any atom is 0.230 e. The summed E-state index contributed by atoms with van der Waals surface area (Å²) in [6, 6.07) is 5.26. The summed E-state index contributed by atoms with van der Waals surface area (Å²) in [5, 5.41) is 3.35. The molecule has 1 aromatic carbocycles. The minimum Gasteiger partial charge on any atom is -0.324 e. The van der Waals surface area contributed by atoms with Gasteiger partial charge in [-0.3, -0.25) is 9.79 Å². The molecule has 0 bridgehead atoms. The van der Waals surface area contributed by atoms with Crippen molar-refractivity contribution in [2.45, 2.75) is 13.3 Å². The molecule has 72 valence electrons. The Bertz CT molecular complexity index is 426. The molecule has 1 aliphatic heterocycles. The number of rotatable bonds is 0. The highest BCUT2D eigenvalue weighted by Crippen LogP contribution is 2.30. The van der Waals surface area contributed by atoms with Gasteiger partial charge in [-0.15, -0.1) is 0 Å². The predicted octanol–water partition coefficient (Wildman–Crippen LogP) is 2.77. The van der Waals surface area contributed by atoms with Gasteiger partial charge in [0.1, 0.15) is 0 Å². The lowest BCUT2D eigenvalue weighted by Gasteiger charge is -2.03. The van der Waals surface area contributed by atoms with E-state index in [-0.39, 0.29) is 5.91 Å². The molecule has 4 heteroatoms. The normalized spacial score (nSPS) is 15.3. The smallest absolute Gasteiger partial charge is 0.230 e. The van der Waals surface area contributed by atoms with E-state index in [4.69, 9.17) is 11.6 Å². The molecule has 0 saturated carbocycles. The van der Waals surface area contributed by atoms with Gasteiger partial charge in [0.2, 0.25) is 5.91 Å².